The molecule has 0 aliphatic heterocycles. The summed E-state index contributed by atoms with van der Waals surface area (Å²) in [7, 11) is 0. The number of non-ortho nitro benzene ring substituents is 1. The van der Waals surface area contributed by atoms with E-state index in [1.54, 1.807) is 24.3 Å². The van der Waals surface area contributed by atoms with E-state index in [0.29, 0.717) is 21.1 Å². The predicted octanol–water partition coefficient (Wildman–Crippen LogP) is 3.98. The van der Waals surface area contributed by atoms with E-state index in [0.717, 1.165) is 0 Å². The minimum atomic E-state index is -0.475. The van der Waals surface area contributed by atoms with Crippen LogP contribution in [-0.2, 0) is 6.61 Å². The van der Waals surface area contributed by atoms with Crippen molar-refractivity contribution >= 4 is 33.2 Å². The molecular weight excluding hydrogens is 336 g/mol. The summed E-state index contributed by atoms with van der Waals surface area (Å²) in [6.45, 7) is 0.181. The van der Waals surface area contributed by atoms with Crippen LogP contribution in [0, 0.1) is 10.1 Å². The number of nitrogens with zero attached hydrogens (tertiary/aromatic N) is 2. The monoisotopic (exact) mass is 342 g/mol. The Kier molecular flexibility index (Phi) is 4.34. The quantitative estimate of drug-likeness (QED) is 0.478. The Morgan fingerprint density at radius 1 is 1.37 bits per heavy atom. The molecule has 7 heteroatoms. The van der Waals surface area contributed by atoms with Gasteiger partial charge in [0.2, 0.25) is 0 Å². The van der Waals surface area contributed by atoms with E-state index in [1.165, 1.54) is 12.1 Å². The molecule has 0 N–H and O–H groups in total. The van der Waals surface area contributed by atoms with Crippen LogP contribution in [0.4, 0.5) is 5.69 Å². The first-order valence-electron chi connectivity index (χ1n) is 5.24. The van der Waals surface area contributed by atoms with Crippen LogP contribution in [0.5, 0.6) is 5.75 Å². The molecule has 1 heterocycles. The van der Waals surface area contributed by atoms with E-state index in [4.69, 9.17) is 16.3 Å². The van der Waals surface area contributed by atoms with Crippen LogP contribution in [0.15, 0.2) is 40.9 Å². The van der Waals surface area contributed by atoms with E-state index >= 15 is 0 Å². The number of ether oxygens (including phenoxy) is 1. The first-order chi connectivity index (χ1) is 9.06. The second-order valence-corrected chi connectivity index (χ2v) is 4.85. The van der Waals surface area contributed by atoms with Gasteiger partial charge < -0.3 is 4.74 Å². The Morgan fingerprint density at radius 2 is 2.16 bits per heavy atom. The molecule has 2 aromatic rings. The van der Waals surface area contributed by atoms with Gasteiger partial charge in [0.05, 0.1) is 21.2 Å². The lowest BCUT2D eigenvalue weighted by molar-refractivity contribution is -0.385. The third-order valence-corrected chi connectivity index (χ3v) is 3.14. The largest absolute Gasteiger partial charge is 0.486 e. The second-order valence-electron chi connectivity index (χ2n) is 3.61. The van der Waals surface area contributed by atoms with Crippen molar-refractivity contribution in [3.05, 3.63) is 61.8 Å². The summed E-state index contributed by atoms with van der Waals surface area (Å²) in [5.74, 6) is 0.385. The number of pyridine rings is 1. The van der Waals surface area contributed by atoms with Gasteiger partial charge in [0.15, 0.2) is 0 Å². The molecule has 19 heavy (non-hydrogen) atoms. The van der Waals surface area contributed by atoms with Gasteiger partial charge in [-0.05, 0) is 34.1 Å². The fraction of sp³-hybridized carbons (Fsp3) is 0.0833. The van der Waals surface area contributed by atoms with Crippen LogP contribution in [0.3, 0.4) is 0 Å². The van der Waals surface area contributed by atoms with Crippen molar-refractivity contribution in [1.82, 2.24) is 4.98 Å². The maximum Gasteiger partial charge on any atom is 0.273 e. The van der Waals surface area contributed by atoms with E-state index in [-0.39, 0.29) is 12.3 Å². The molecule has 98 valence electrons. The lowest BCUT2D eigenvalue weighted by atomic mass is 10.3. The smallest absolute Gasteiger partial charge is 0.273 e. The molecule has 0 saturated heterocycles. The molecule has 1 aromatic carbocycles. The van der Waals surface area contributed by atoms with Crippen molar-refractivity contribution in [2.75, 3.05) is 0 Å². The Hall–Kier alpha value is -1.66. The molecule has 2 rings (SSSR count). The first kappa shape index (κ1) is 13.8. The zero-order valence-electron chi connectivity index (χ0n) is 9.55. The number of nitro groups is 1. The maximum atomic E-state index is 10.7. The molecule has 0 amide bonds. The van der Waals surface area contributed by atoms with Gasteiger partial charge in [0.1, 0.15) is 17.5 Å². The molecule has 5 nitrogen and oxygen atoms in total. The molecule has 0 spiro atoms. The van der Waals surface area contributed by atoms with E-state index < -0.39 is 4.92 Å². The summed E-state index contributed by atoms with van der Waals surface area (Å²) >= 11 is 9.03. The summed E-state index contributed by atoms with van der Waals surface area (Å²) in [5.41, 5.74) is 0.614. The molecule has 1 aromatic heterocycles. The molecule has 0 fully saturated rings. The van der Waals surface area contributed by atoms with Crippen LogP contribution in [0.2, 0.25) is 5.15 Å². The van der Waals surface area contributed by atoms with Crippen LogP contribution >= 0.6 is 27.5 Å². The van der Waals surface area contributed by atoms with Gasteiger partial charge in [-0.3, -0.25) is 10.1 Å². The number of benzene rings is 1. The third kappa shape index (κ3) is 3.65. The Bertz CT molecular complexity index is 622. The molecule has 0 unspecified atom stereocenters. The average molecular weight is 344 g/mol. The summed E-state index contributed by atoms with van der Waals surface area (Å²) < 4.78 is 6.14. The maximum absolute atomic E-state index is 10.7. The molecule has 0 aliphatic rings. The van der Waals surface area contributed by atoms with Crippen LogP contribution in [0.25, 0.3) is 0 Å². The predicted molar refractivity (Wildman–Crippen MR) is 74.4 cm³/mol. The molecular formula is C12H8BrClN2O3. The molecule has 0 radical (unpaired) electrons. The molecule has 0 saturated carbocycles. The highest BCUT2D eigenvalue weighted by molar-refractivity contribution is 9.10. The van der Waals surface area contributed by atoms with E-state index in [9.17, 15) is 10.1 Å². The van der Waals surface area contributed by atoms with Crippen LogP contribution < -0.4 is 4.74 Å². The fourth-order valence-corrected chi connectivity index (χ4v) is 1.94. The summed E-state index contributed by atoms with van der Waals surface area (Å²) in [6, 6.07) is 9.50. The van der Waals surface area contributed by atoms with Crippen molar-refractivity contribution in [3.63, 3.8) is 0 Å². The van der Waals surface area contributed by atoms with Crippen molar-refractivity contribution < 1.29 is 9.66 Å². The number of rotatable bonds is 4. The van der Waals surface area contributed by atoms with Gasteiger partial charge in [-0.1, -0.05) is 17.7 Å². The van der Waals surface area contributed by atoms with Crippen molar-refractivity contribution in [3.8, 4) is 5.75 Å². The normalized spacial score (nSPS) is 10.2. The van der Waals surface area contributed by atoms with Gasteiger partial charge in [-0.25, -0.2) is 4.98 Å². The number of hydrogen-bond acceptors (Lipinski definition) is 4. The zero-order valence-corrected chi connectivity index (χ0v) is 11.9. The van der Waals surface area contributed by atoms with E-state index in [2.05, 4.69) is 20.9 Å². The fourth-order valence-electron chi connectivity index (χ4n) is 1.40. The number of nitro benzene ring substituents is 1. The molecule has 0 aliphatic carbocycles. The second kappa shape index (κ2) is 5.99. The highest BCUT2D eigenvalue weighted by Gasteiger charge is 2.10. The zero-order chi connectivity index (χ0) is 13.8. The SMILES string of the molecule is O=[N+]([O-])c1ccc(Br)c(OCc2cccc(Cl)n2)c1. The third-order valence-electron chi connectivity index (χ3n) is 2.27. The Labute approximate surface area is 122 Å². The van der Waals surface area contributed by atoms with Gasteiger partial charge in [0.25, 0.3) is 5.69 Å². The average Bonchev–Trinajstić information content (AvgIpc) is 2.37. The van der Waals surface area contributed by atoms with Gasteiger partial charge >= 0.3 is 0 Å². The van der Waals surface area contributed by atoms with Crippen LogP contribution in [0.1, 0.15) is 5.69 Å². The standard InChI is InChI=1S/C12H8BrClN2O3/c13-10-5-4-9(16(17)18)6-11(10)19-7-8-2-1-3-12(14)15-8/h1-6H,7H2. The number of halogens is 2. The molecule has 0 atom stereocenters. The highest BCUT2D eigenvalue weighted by atomic mass is 79.9. The minimum Gasteiger partial charge on any atom is -0.486 e. The van der Waals surface area contributed by atoms with Gasteiger partial charge in [-0.2, -0.15) is 0 Å². The Morgan fingerprint density at radius 3 is 2.84 bits per heavy atom. The minimum absolute atomic E-state index is 0.0303. The van der Waals surface area contributed by atoms with E-state index in [1.807, 2.05) is 0 Å². The lowest BCUT2D eigenvalue weighted by Crippen LogP contribution is -1.99. The van der Waals surface area contributed by atoms with Crippen molar-refractivity contribution in [1.29, 1.82) is 0 Å². The van der Waals surface area contributed by atoms with Crippen molar-refractivity contribution in [2.24, 2.45) is 0 Å². The van der Waals surface area contributed by atoms with Crippen LogP contribution in [-0.4, -0.2) is 9.91 Å². The Balaban J connectivity index is 2.15. The summed E-state index contributed by atoms with van der Waals surface area (Å²) in [4.78, 5) is 14.3. The van der Waals surface area contributed by atoms with Crippen molar-refractivity contribution in [2.45, 2.75) is 6.61 Å². The first-order valence-corrected chi connectivity index (χ1v) is 6.41. The topological polar surface area (TPSA) is 65.3 Å². The number of hydrogen-bond donors (Lipinski definition) is 0. The summed E-state index contributed by atoms with van der Waals surface area (Å²) in [6.07, 6.45) is 0. The molecule has 0 bridgehead atoms. The van der Waals surface area contributed by atoms with Gasteiger partial charge in [-0.15, -0.1) is 0 Å². The summed E-state index contributed by atoms with van der Waals surface area (Å²) in [5, 5.41) is 11.1. The van der Waals surface area contributed by atoms with Gasteiger partial charge in [0, 0.05) is 6.07 Å². The lowest BCUT2D eigenvalue weighted by Gasteiger charge is -2.07. The highest BCUT2D eigenvalue weighted by Crippen LogP contribution is 2.29. The number of aromatic nitrogens is 1.